The van der Waals surface area contributed by atoms with Crippen molar-refractivity contribution in [3.63, 3.8) is 0 Å². The van der Waals surface area contributed by atoms with E-state index in [4.69, 9.17) is 16.3 Å². The minimum atomic E-state index is -0.351. The third-order valence-electron chi connectivity index (χ3n) is 4.83. The van der Waals surface area contributed by atoms with E-state index in [1.54, 1.807) is 35.0 Å². The van der Waals surface area contributed by atoms with E-state index in [0.29, 0.717) is 43.1 Å². The van der Waals surface area contributed by atoms with Crippen LogP contribution in [0.5, 0.6) is 0 Å². The molecule has 3 rings (SSSR count). The molecule has 2 aromatic carbocycles. The Labute approximate surface area is 181 Å². The zero-order valence-corrected chi connectivity index (χ0v) is 17.7. The second-order valence-corrected chi connectivity index (χ2v) is 7.44. The van der Waals surface area contributed by atoms with Crippen LogP contribution in [0.25, 0.3) is 0 Å². The SMILES string of the molecule is COCCN(Cc1cn(Cc2c(F)cccc2Cl)cn1)C(=O)CCc1ccccc1. The quantitative estimate of drug-likeness (QED) is 0.482. The molecule has 0 saturated heterocycles. The molecule has 0 bridgehead atoms. The van der Waals surface area contributed by atoms with Crippen LogP contribution in [-0.4, -0.2) is 40.6 Å². The van der Waals surface area contributed by atoms with E-state index >= 15 is 0 Å². The molecule has 30 heavy (non-hydrogen) atoms. The number of halogens is 2. The summed E-state index contributed by atoms with van der Waals surface area (Å²) in [6.45, 7) is 1.58. The van der Waals surface area contributed by atoms with Crippen molar-refractivity contribution in [3.05, 3.63) is 88.7 Å². The van der Waals surface area contributed by atoms with Crippen molar-refractivity contribution in [2.75, 3.05) is 20.3 Å². The standard InChI is InChI=1S/C23H25ClFN3O2/c1-30-13-12-28(23(29)11-10-18-6-3-2-4-7-18)15-19-14-27(17-26-19)16-20-21(24)8-5-9-22(20)25/h2-9,14,17H,10-13,15-16H2,1H3. The molecule has 1 aromatic heterocycles. The van der Waals surface area contributed by atoms with E-state index in [0.717, 1.165) is 11.3 Å². The number of hydrogen-bond acceptors (Lipinski definition) is 3. The molecule has 0 N–H and O–H groups in total. The van der Waals surface area contributed by atoms with Gasteiger partial charge >= 0.3 is 0 Å². The first kappa shape index (κ1) is 22.0. The van der Waals surface area contributed by atoms with Crippen molar-refractivity contribution in [2.45, 2.75) is 25.9 Å². The summed E-state index contributed by atoms with van der Waals surface area (Å²) in [6, 6.07) is 14.6. The molecule has 158 valence electrons. The molecule has 0 radical (unpaired) electrons. The summed E-state index contributed by atoms with van der Waals surface area (Å²) in [6.07, 6.45) is 4.54. The minimum Gasteiger partial charge on any atom is -0.383 e. The van der Waals surface area contributed by atoms with Gasteiger partial charge in [0, 0.05) is 36.9 Å². The number of hydrogen-bond donors (Lipinski definition) is 0. The fourth-order valence-corrected chi connectivity index (χ4v) is 3.41. The number of nitrogens with zero attached hydrogens (tertiary/aromatic N) is 3. The fourth-order valence-electron chi connectivity index (χ4n) is 3.18. The predicted octanol–water partition coefficient (Wildman–Crippen LogP) is 4.33. The first-order valence-electron chi connectivity index (χ1n) is 9.81. The highest BCUT2D eigenvalue weighted by Gasteiger charge is 2.16. The molecule has 0 saturated carbocycles. The van der Waals surface area contributed by atoms with Gasteiger partial charge in [-0.15, -0.1) is 0 Å². The number of aromatic nitrogens is 2. The topological polar surface area (TPSA) is 47.4 Å². The van der Waals surface area contributed by atoms with Gasteiger partial charge in [-0.3, -0.25) is 4.79 Å². The van der Waals surface area contributed by atoms with Gasteiger partial charge in [0.25, 0.3) is 0 Å². The van der Waals surface area contributed by atoms with Crippen molar-refractivity contribution in [1.29, 1.82) is 0 Å². The summed E-state index contributed by atoms with van der Waals surface area (Å²) >= 11 is 6.11. The second kappa shape index (κ2) is 10.9. The number of rotatable bonds is 10. The highest BCUT2D eigenvalue weighted by molar-refractivity contribution is 6.31. The molecule has 0 aliphatic carbocycles. The van der Waals surface area contributed by atoms with Crippen molar-refractivity contribution in [3.8, 4) is 0 Å². The molecule has 0 aliphatic rings. The summed E-state index contributed by atoms with van der Waals surface area (Å²) in [4.78, 5) is 18.9. The van der Waals surface area contributed by atoms with Gasteiger partial charge in [-0.05, 0) is 24.1 Å². The molecule has 0 atom stereocenters. The average Bonchev–Trinajstić information content (AvgIpc) is 3.20. The Bertz CT molecular complexity index is 942. The van der Waals surface area contributed by atoms with Gasteiger partial charge in [0.15, 0.2) is 0 Å². The Balaban J connectivity index is 1.64. The normalized spacial score (nSPS) is 10.9. The molecule has 0 unspecified atom stereocenters. The lowest BCUT2D eigenvalue weighted by Gasteiger charge is -2.21. The number of carbonyl (C=O) groups excluding carboxylic acids is 1. The van der Waals surface area contributed by atoms with Gasteiger partial charge in [0.2, 0.25) is 5.91 Å². The van der Waals surface area contributed by atoms with Gasteiger partial charge in [-0.25, -0.2) is 9.37 Å². The Morgan fingerprint density at radius 1 is 1.20 bits per heavy atom. The maximum absolute atomic E-state index is 14.0. The molecule has 1 amide bonds. The molecule has 1 heterocycles. The molecule has 3 aromatic rings. The molecule has 0 spiro atoms. The molecule has 7 heteroatoms. The number of imidazole rings is 1. The van der Waals surface area contributed by atoms with Crippen molar-refractivity contribution in [2.24, 2.45) is 0 Å². The summed E-state index contributed by atoms with van der Waals surface area (Å²) in [5, 5.41) is 0.378. The van der Waals surface area contributed by atoms with Crippen LogP contribution in [0.3, 0.4) is 0 Å². The van der Waals surface area contributed by atoms with Gasteiger partial charge in [0.1, 0.15) is 5.82 Å². The summed E-state index contributed by atoms with van der Waals surface area (Å²) < 4.78 is 21.0. The van der Waals surface area contributed by atoms with Crippen molar-refractivity contribution >= 4 is 17.5 Å². The fraction of sp³-hybridized carbons (Fsp3) is 0.304. The van der Waals surface area contributed by atoms with E-state index in [2.05, 4.69) is 4.98 Å². The summed E-state index contributed by atoms with van der Waals surface area (Å²) in [7, 11) is 1.61. The summed E-state index contributed by atoms with van der Waals surface area (Å²) in [5.74, 6) is -0.307. The molecular weight excluding hydrogens is 405 g/mol. The van der Waals surface area contributed by atoms with Gasteiger partial charge in [-0.2, -0.15) is 0 Å². The highest BCUT2D eigenvalue weighted by atomic mass is 35.5. The Morgan fingerprint density at radius 2 is 2.00 bits per heavy atom. The van der Waals surface area contributed by atoms with Crippen LogP contribution >= 0.6 is 11.6 Å². The van der Waals surface area contributed by atoms with Gasteiger partial charge in [0.05, 0.1) is 31.7 Å². The highest BCUT2D eigenvalue weighted by Crippen LogP contribution is 2.20. The van der Waals surface area contributed by atoms with Gasteiger partial charge < -0.3 is 14.2 Å². The molecule has 0 aliphatic heterocycles. The van der Waals surface area contributed by atoms with E-state index < -0.39 is 0 Å². The van der Waals surface area contributed by atoms with Crippen molar-refractivity contribution in [1.82, 2.24) is 14.5 Å². The molecular formula is C23H25ClFN3O2. The van der Waals surface area contributed by atoms with Crippen LogP contribution in [0.1, 0.15) is 23.2 Å². The monoisotopic (exact) mass is 429 g/mol. The van der Waals surface area contributed by atoms with Crippen LogP contribution in [0.2, 0.25) is 5.02 Å². The zero-order chi connectivity index (χ0) is 21.3. The van der Waals surface area contributed by atoms with Gasteiger partial charge in [-0.1, -0.05) is 48.0 Å². The average molecular weight is 430 g/mol. The van der Waals surface area contributed by atoms with E-state index in [1.807, 2.05) is 36.5 Å². The van der Waals surface area contributed by atoms with Crippen LogP contribution in [0.15, 0.2) is 61.1 Å². The lowest BCUT2D eigenvalue weighted by atomic mass is 10.1. The van der Waals surface area contributed by atoms with E-state index in [9.17, 15) is 9.18 Å². The predicted molar refractivity (Wildman–Crippen MR) is 115 cm³/mol. The number of amides is 1. The van der Waals surface area contributed by atoms with E-state index in [1.165, 1.54) is 6.07 Å². The summed E-state index contributed by atoms with van der Waals surface area (Å²) in [5.41, 5.74) is 2.27. The smallest absolute Gasteiger partial charge is 0.223 e. The number of carbonyl (C=O) groups is 1. The molecule has 0 fully saturated rings. The first-order valence-corrected chi connectivity index (χ1v) is 10.2. The zero-order valence-electron chi connectivity index (χ0n) is 16.9. The third kappa shape index (κ3) is 6.15. The lowest BCUT2D eigenvalue weighted by molar-refractivity contribution is -0.132. The van der Waals surface area contributed by atoms with Crippen LogP contribution < -0.4 is 0 Å². The van der Waals surface area contributed by atoms with Crippen molar-refractivity contribution < 1.29 is 13.9 Å². The van der Waals surface area contributed by atoms with Crippen LogP contribution in [0.4, 0.5) is 4.39 Å². The van der Waals surface area contributed by atoms with Crippen LogP contribution in [-0.2, 0) is 29.0 Å². The second-order valence-electron chi connectivity index (χ2n) is 7.03. The number of benzene rings is 2. The number of aryl methyl sites for hydroxylation is 1. The Hall–Kier alpha value is -2.70. The number of ether oxygens (including phenoxy) is 1. The Kier molecular flexibility index (Phi) is 7.99. The van der Waals surface area contributed by atoms with Crippen LogP contribution in [0, 0.1) is 5.82 Å². The minimum absolute atomic E-state index is 0.0441. The first-order chi connectivity index (χ1) is 14.6. The third-order valence-corrected chi connectivity index (χ3v) is 5.18. The Morgan fingerprint density at radius 3 is 2.73 bits per heavy atom. The largest absolute Gasteiger partial charge is 0.383 e. The lowest BCUT2D eigenvalue weighted by Crippen LogP contribution is -2.33. The van der Waals surface area contributed by atoms with E-state index in [-0.39, 0.29) is 18.3 Å². The molecule has 5 nitrogen and oxygen atoms in total. The maximum Gasteiger partial charge on any atom is 0.223 e. The maximum atomic E-state index is 14.0. The number of methoxy groups -OCH3 is 1.